The van der Waals surface area contributed by atoms with Crippen LogP contribution >= 0.6 is 0 Å². The molecule has 10 heteroatoms. The van der Waals surface area contributed by atoms with Crippen LogP contribution in [0, 0.1) is 25.7 Å². The second-order valence-corrected chi connectivity index (χ2v) is 24.0. The summed E-state index contributed by atoms with van der Waals surface area (Å²) >= 11 is 0. The molecule has 6 aromatic carbocycles. The maximum absolute atomic E-state index is 14.9. The average molecular weight is 947 g/mol. The summed E-state index contributed by atoms with van der Waals surface area (Å²) in [6.07, 6.45) is 4.11. The fourth-order valence-electron chi connectivity index (χ4n) is 12.2. The molecule has 8 nitrogen and oxygen atoms in total. The second kappa shape index (κ2) is 20.2. The largest absolute Gasteiger partial charge is 0.303 e. The molecule has 0 aromatic heterocycles. The van der Waals surface area contributed by atoms with Crippen LogP contribution in [0.25, 0.3) is 0 Å². The molecule has 4 heterocycles. The van der Waals surface area contributed by atoms with Crippen LogP contribution in [0.2, 0.25) is 0 Å². The van der Waals surface area contributed by atoms with E-state index in [1.54, 1.807) is 20.7 Å². The van der Waals surface area contributed by atoms with Crippen molar-refractivity contribution in [2.45, 2.75) is 79.0 Å². The van der Waals surface area contributed by atoms with Crippen LogP contribution < -0.4 is 0 Å². The molecular formula is C58H66N4O4S2. The van der Waals surface area contributed by atoms with Gasteiger partial charge in [-0.05, 0) is 140 Å². The topological polar surface area (TPSA) is 81.2 Å². The molecule has 0 radical (unpaired) electrons. The maximum atomic E-state index is 14.9. The lowest BCUT2D eigenvalue weighted by atomic mass is 9.81. The van der Waals surface area contributed by atoms with Gasteiger partial charge in [0.1, 0.15) is 0 Å². The highest BCUT2D eigenvalue weighted by atomic mass is 32.2. The third-order valence-electron chi connectivity index (χ3n) is 15.9. The van der Waals surface area contributed by atoms with E-state index in [1.165, 1.54) is 16.7 Å². The molecule has 0 spiro atoms. The minimum Gasteiger partial charge on any atom is -0.303 e. The Morgan fingerprint density at radius 1 is 0.471 bits per heavy atom. The van der Waals surface area contributed by atoms with Gasteiger partial charge in [-0.2, -0.15) is 8.61 Å². The number of hydrogen-bond donors (Lipinski definition) is 0. The Bertz CT molecular complexity index is 2860. The quantitative estimate of drug-likeness (QED) is 0.115. The molecule has 4 aliphatic rings. The van der Waals surface area contributed by atoms with Gasteiger partial charge in [0.05, 0.1) is 9.79 Å². The molecule has 4 aliphatic heterocycles. The molecule has 4 fully saturated rings. The Hall–Kier alpha value is -4.94. The van der Waals surface area contributed by atoms with E-state index < -0.39 is 20.0 Å². The Labute approximate surface area is 405 Å². The molecule has 0 bridgehead atoms. The summed E-state index contributed by atoms with van der Waals surface area (Å²) in [5.41, 5.74) is 7.91. The van der Waals surface area contributed by atoms with Crippen LogP contribution in [0.1, 0.15) is 94.3 Å². The van der Waals surface area contributed by atoms with Gasteiger partial charge in [0.25, 0.3) is 0 Å². The van der Waals surface area contributed by atoms with E-state index >= 15 is 0 Å². The molecule has 0 amide bonds. The molecule has 0 saturated carbocycles. The van der Waals surface area contributed by atoms with Crippen molar-refractivity contribution in [3.8, 4) is 0 Å². The summed E-state index contributed by atoms with van der Waals surface area (Å²) in [7, 11) is -7.52. The molecule has 2 unspecified atom stereocenters. The second-order valence-electron chi connectivity index (χ2n) is 20.2. The molecule has 354 valence electrons. The monoisotopic (exact) mass is 946 g/mol. The van der Waals surface area contributed by atoms with Crippen LogP contribution in [0.3, 0.4) is 0 Å². The average Bonchev–Trinajstić information content (AvgIpc) is 4.01. The maximum Gasteiger partial charge on any atom is 0.243 e. The van der Waals surface area contributed by atoms with Crippen LogP contribution in [0.15, 0.2) is 174 Å². The third-order valence-corrected chi connectivity index (χ3v) is 19.7. The molecule has 0 N–H and O–H groups in total. The highest BCUT2D eigenvalue weighted by molar-refractivity contribution is 7.89. The standard InChI is InChI=1S/C58H66N4O4S2/c1-43-16-15-25-54(34-43)67(63,64)61-40-53(56(41-61)49-23-13-6-14-24-49)38-60-33-30-50(46-19-9-4-10-20-46)36-57(60)51-26-27-58(44(2)35-51)68(65,66)62-39-52(55(42-62)48-21-11-5-12-22-48)37-59-31-28-47(29-32-59)45-17-7-3-8-18-45/h3-27,34-35,47,50,52-53,55-57H,28-33,36-42H2,1-2H3/t50?,52-,53-,55+,56+,57?/m1/s1. The fourth-order valence-corrected chi connectivity index (χ4v) is 15.6. The molecule has 68 heavy (non-hydrogen) atoms. The summed E-state index contributed by atoms with van der Waals surface area (Å²) in [5, 5.41) is 0. The molecule has 4 saturated heterocycles. The zero-order valence-electron chi connectivity index (χ0n) is 39.6. The highest BCUT2D eigenvalue weighted by Gasteiger charge is 2.44. The van der Waals surface area contributed by atoms with Gasteiger partial charge < -0.3 is 4.90 Å². The van der Waals surface area contributed by atoms with Crippen LogP contribution in [-0.4, -0.2) is 94.1 Å². The first-order chi connectivity index (χ1) is 33.0. The minimum absolute atomic E-state index is 0.0212. The molecule has 6 atom stereocenters. The number of nitrogens with zero attached hydrogens (tertiary/aromatic N) is 4. The number of sulfonamides is 2. The first-order valence-electron chi connectivity index (χ1n) is 24.8. The van der Waals surface area contributed by atoms with E-state index in [0.29, 0.717) is 47.8 Å². The Morgan fingerprint density at radius 2 is 0.985 bits per heavy atom. The van der Waals surface area contributed by atoms with E-state index in [1.807, 2.05) is 44.2 Å². The van der Waals surface area contributed by atoms with Crippen molar-refractivity contribution >= 4 is 20.0 Å². The van der Waals surface area contributed by atoms with E-state index in [-0.39, 0.29) is 29.7 Å². The van der Waals surface area contributed by atoms with Crippen molar-refractivity contribution in [3.05, 3.63) is 203 Å². The van der Waals surface area contributed by atoms with E-state index in [9.17, 15) is 16.8 Å². The van der Waals surface area contributed by atoms with Gasteiger partial charge in [-0.3, -0.25) is 4.90 Å². The Morgan fingerprint density at radius 3 is 1.54 bits per heavy atom. The van der Waals surface area contributed by atoms with Crippen molar-refractivity contribution in [3.63, 3.8) is 0 Å². The normalized spacial score (nSPS) is 24.9. The number of piperidine rings is 2. The predicted molar refractivity (Wildman–Crippen MR) is 273 cm³/mol. The molecule has 6 aromatic rings. The van der Waals surface area contributed by atoms with E-state index in [2.05, 4.69) is 131 Å². The van der Waals surface area contributed by atoms with Crippen LogP contribution in [0.5, 0.6) is 0 Å². The van der Waals surface area contributed by atoms with E-state index in [0.717, 1.165) is 80.7 Å². The number of likely N-dealkylation sites (tertiary alicyclic amines) is 2. The van der Waals surface area contributed by atoms with Gasteiger partial charge in [-0.15, -0.1) is 0 Å². The number of rotatable bonds is 13. The predicted octanol–water partition coefficient (Wildman–Crippen LogP) is 10.6. The first kappa shape index (κ1) is 46.8. The van der Waals surface area contributed by atoms with Gasteiger partial charge in [0.2, 0.25) is 20.0 Å². The van der Waals surface area contributed by atoms with Crippen molar-refractivity contribution in [1.29, 1.82) is 0 Å². The van der Waals surface area contributed by atoms with Gasteiger partial charge in [-0.1, -0.05) is 146 Å². The SMILES string of the molecule is Cc1cccc(S(=O)(=O)N2C[C@@H](CN3CCC(c4ccccc4)CC3c3ccc(S(=O)(=O)N4C[C@@H](CN5CCC(c6ccccc6)CC5)[C@H](c5ccccc5)C4)c(C)c3)[C@H](c3ccccc3)C2)c1. The van der Waals surface area contributed by atoms with Gasteiger partial charge in [0, 0.05) is 57.1 Å². The van der Waals surface area contributed by atoms with Crippen molar-refractivity contribution in [2.24, 2.45) is 11.8 Å². The summed E-state index contributed by atoms with van der Waals surface area (Å²) in [6, 6.07) is 55.9. The number of aryl methyl sites for hydroxylation is 2. The zero-order chi connectivity index (χ0) is 46.8. The Kier molecular flexibility index (Phi) is 13.9. The highest BCUT2D eigenvalue weighted by Crippen LogP contribution is 2.44. The van der Waals surface area contributed by atoms with Gasteiger partial charge in [-0.25, -0.2) is 16.8 Å². The van der Waals surface area contributed by atoms with Crippen LogP contribution in [0.4, 0.5) is 0 Å². The minimum atomic E-state index is -3.81. The fraction of sp³-hybridized carbons (Fsp3) is 0.379. The Balaban J connectivity index is 0.907. The van der Waals surface area contributed by atoms with E-state index in [4.69, 9.17) is 0 Å². The summed E-state index contributed by atoms with van der Waals surface area (Å²) < 4.78 is 61.8. The smallest absolute Gasteiger partial charge is 0.243 e. The summed E-state index contributed by atoms with van der Waals surface area (Å²) in [6.45, 7) is 10.2. The summed E-state index contributed by atoms with van der Waals surface area (Å²) in [5.74, 6) is 1.30. The van der Waals surface area contributed by atoms with Gasteiger partial charge >= 0.3 is 0 Å². The van der Waals surface area contributed by atoms with Crippen LogP contribution in [-0.2, 0) is 20.0 Å². The van der Waals surface area contributed by atoms with Crippen molar-refractivity contribution < 1.29 is 16.8 Å². The summed E-state index contributed by atoms with van der Waals surface area (Å²) in [4.78, 5) is 5.88. The van der Waals surface area contributed by atoms with Crippen molar-refractivity contribution in [1.82, 2.24) is 18.4 Å². The van der Waals surface area contributed by atoms with Crippen molar-refractivity contribution in [2.75, 3.05) is 58.9 Å². The third kappa shape index (κ3) is 9.91. The first-order valence-corrected chi connectivity index (χ1v) is 27.7. The zero-order valence-corrected chi connectivity index (χ0v) is 41.2. The lowest BCUT2D eigenvalue weighted by molar-refractivity contribution is 0.112. The molecule has 10 rings (SSSR count). The molecular weight excluding hydrogens is 881 g/mol. The number of hydrogen-bond acceptors (Lipinski definition) is 6. The number of benzene rings is 6. The lowest BCUT2D eigenvalue weighted by Crippen LogP contribution is -2.41. The lowest BCUT2D eigenvalue weighted by Gasteiger charge is -2.42. The van der Waals surface area contributed by atoms with Gasteiger partial charge in [0.15, 0.2) is 0 Å². The molecule has 0 aliphatic carbocycles.